The molecule has 0 aliphatic heterocycles. The van der Waals surface area contributed by atoms with Crippen molar-refractivity contribution in [1.82, 2.24) is 10.7 Å². The maximum atomic E-state index is 12.7. The van der Waals surface area contributed by atoms with Crippen LogP contribution in [0.5, 0.6) is 11.5 Å². The van der Waals surface area contributed by atoms with Crippen molar-refractivity contribution < 1.29 is 19.1 Å². The fraction of sp³-hybridized carbons (Fsp3) is 0.250. The molecule has 35 heavy (non-hydrogen) atoms. The number of hydrogen-bond acceptors (Lipinski definition) is 5. The largest absolute Gasteiger partial charge is 0.493 e. The first-order chi connectivity index (χ1) is 17.1. The van der Waals surface area contributed by atoms with Gasteiger partial charge in [-0.2, -0.15) is 5.10 Å². The number of unbranched alkanes of at least 4 members (excludes halogenated alkanes) is 1. The van der Waals surface area contributed by atoms with Crippen LogP contribution >= 0.6 is 0 Å². The number of hydrogen-bond donors (Lipinski definition) is 2. The fourth-order valence-electron chi connectivity index (χ4n) is 3.39. The van der Waals surface area contributed by atoms with Crippen LogP contribution in [0, 0.1) is 0 Å². The molecule has 0 unspecified atom stereocenters. The molecule has 0 bridgehead atoms. The smallest absolute Gasteiger partial charge is 0.251 e. The highest BCUT2D eigenvalue weighted by Gasteiger charge is 2.19. The number of carbonyl (C=O) groups excluding carboxylic acids is 2. The van der Waals surface area contributed by atoms with E-state index in [9.17, 15) is 9.59 Å². The van der Waals surface area contributed by atoms with Crippen molar-refractivity contribution in [2.75, 3.05) is 13.7 Å². The summed E-state index contributed by atoms with van der Waals surface area (Å²) in [6.07, 6.45) is 3.59. The number of amides is 2. The molecule has 2 amide bonds. The average Bonchev–Trinajstić information content (AvgIpc) is 2.90. The molecule has 3 aromatic carbocycles. The van der Waals surface area contributed by atoms with Crippen LogP contribution in [-0.4, -0.2) is 31.7 Å². The van der Waals surface area contributed by atoms with Crippen LogP contribution in [0.3, 0.4) is 0 Å². The quantitative estimate of drug-likeness (QED) is 0.223. The van der Waals surface area contributed by atoms with Gasteiger partial charge in [0, 0.05) is 5.56 Å². The van der Waals surface area contributed by atoms with Gasteiger partial charge in [-0.05, 0) is 47.9 Å². The first-order valence-electron chi connectivity index (χ1n) is 11.6. The SMILES string of the molecule is CCCCOc1ccc(/C=N\NC(=O)C[C@@H](NC(=O)c2ccccc2)c2ccccc2)cc1OC. The van der Waals surface area contributed by atoms with E-state index in [-0.39, 0.29) is 18.2 Å². The normalized spacial score (nSPS) is 11.6. The van der Waals surface area contributed by atoms with E-state index in [0.29, 0.717) is 23.7 Å². The summed E-state index contributed by atoms with van der Waals surface area (Å²) < 4.78 is 11.1. The topological polar surface area (TPSA) is 89.0 Å². The maximum absolute atomic E-state index is 12.7. The molecule has 182 valence electrons. The number of ether oxygens (including phenoxy) is 2. The third-order valence-corrected chi connectivity index (χ3v) is 5.28. The van der Waals surface area contributed by atoms with Gasteiger partial charge in [-0.25, -0.2) is 5.43 Å². The fourth-order valence-corrected chi connectivity index (χ4v) is 3.39. The standard InChI is InChI=1S/C28H31N3O4/c1-3-4-17-35-25-16-15-21(18-26(25)34-2)20-29-31-27(32)19-24(22-11-7-5-8-12-22)30-28(33)23-13-9-6-10-14-23/h5-16,18,20,24H,3-4,17,19H2,1-2H3,(H,30,33)(H,31,32)/b29-20-/t24-/m1/s1. The second kappa shape index (κ2) is 13.5. The predicted octanol–water partition coefficient (Wildman–Crippen LogP) is 4.89. The van der Waals surface area contributed by atoms with Gasteiger partial charge in [0.05, 0.1) is 32.4 Å². The second-order valence-electron chi connectivity index (χ2n) is 7.91. The van der Waals surface area contributed by atoms with Gasteiger partial charge in [0.1, 0.15) is 0 Å². The molecule has 0 aliphatic rings. The van der Waals surface area contributed by atoms with Gasteiger partial charge in [0.15, 0.2) is 11.5 Å². The van der Waals surface area contributed by atoms with Crippen molar-refractivity contribution in [3.63, 3.8) is 0 Å². The Kier molecular flexibility index (Phi) is 9.87. The molecule has 3 rings (SSSR count). The lowest BCUT2D eigenvalue weighted by atomic mass is 10.0. The summed E-state index contributed by atoms with van der Waals surface area (Å²) in [6, 6.07) is 23.2. The molecule has 0 saturated heterocycles. The van der Waals surface area contributed by atoms with Crippen molar-refractivity contribution in [3.05, 3.63) is 95.6 Å². The zero-order valence-corrected chi connectivity index (χ0v) is 20.1. The predicted molar refractivity (Wildman–Crippen MR) is 137 cm³/mol. The van der Waals surface area contributed by atoms with E-state index in [1.54, 1.807) is 37.4 Å². The van der Waals surface area contributed by atoms with Crippen LogP contribution < -0.4 is 20.2 Å². The highest BCUT2D eigenvalue weighted by atomic mass is 16.5. The van der Waals surface area contributed by atoms with E-state index in [4.69, 9.17) is 9.47 Å². The summed E-state index contributed by atoms with van der Waals surface area (Å²) in [5.41, 5.74) is 4.66. The zero-order valence-electron chi connectivity index (χ0n) is 20.1. The van der Waals surface area contributed by atoms with Crippen molar-refractivity contribution in [2.24, 2.45) is 5.10 Å². The van der Waals surface area contributed by atoms with Gasteiger partial charge in [-0.15, -0.1) is 0 Å². The van der Waals surface area contributed by atoms with E-state index in [0.717, 1.165) is 24.0 Å². The summed E-state index contributed by atoms with van der Waals surface area (Å²) in [5.74, 6) is 0.699. The van der Waals surface area contributed by atoms with Crippen molar-refractivity contribution >= 4 is 18.0 Å². The molecule has 3 aromatic rings. The summed E-state index contributed by atoms with van der Waals surface area (Å²) in [4.78, 5) is 25.3. The Bertz CT molecular complexity index is 1120. The van der Waals surface area contributed by atoms with Crippen LogP contribution in [0.15, 0.2) is 84.0 Å². The van der Waals surface area contributed by atoms with Gasteiger partial charge >= 0.3 is 0 Å². The van der Waals surface area contributed by atoms with Gasteiger partial charge < -0.3 is 14.8 Å². The van der Waals surface area contributed by atoms with Gasteiger partial charge in [0.2, 0.25) is 5.91 Å². The van der Waals surface area contributed by atoms with Crippen LogP contribution in [0.2, 0.25) is 0 Å². The van der Waals surface area contributed by atoms with E-state index < -0.39 is 6.04 Å². The number of nitrogens with zero attached hydrogens (tertiary/aromatic N) is 1. The Labute approximate surface area is 206 Å². The summed E-state index contributed by atoms with van der Waals surface area (Å²) >= 11 is 0. The monoisotopic (exact) mass is 473 g/mol. The number of benzene rings is 3. The third kappa shape index (κ3) is 7.99. The Morgan fingerprint density at radius 1 is 0.971 bits per heavy atom. The lowest BCUT2D eigenvalue weighted by Crippen LogP contribution is -2.32. The van der Waals surface area contributed by atoms with Crippen molar-refractivity contribution in [3.8, 4) is 11.5 Å². The van der Waals surface area contributed by atoms with Gasteiger partial charge in [-0.3, -0.25) is 9.59 Å². The van der Waals surface area contributed by atoms with Crippen LogP contribution in [0.25, 0.3) is 0 Å². The minimum Gasteiger partial charge on any atom is -0.493 e. The molecule has 1 atom stereocenters. The maximum Gasteiger partial charge on any atom is 0.251 e. The number of rotatable bonds is 12. The first kappa shape index (κ1) is 25.5. The van der Waals surface area contributed by atoms with Gasteiger partial charge in [0.25, 0.3) is 5.91 Å². The minimum atomic E-state index is -0.501. The molecule has 0 aromatic heterocycles. The number of carbonyl (C=O) groups is 2. The molecule has 0 fully saturated rings. The van der Waals surface area contributed by atoms with Crippen LogP contribution in [0.4, 0.5) is 0 Å². The average molecular weight is 474 g/mol. The molecule has 0 heterocycles. The summed E-state index contributed by atoms with van der Waals surface area (Å²) in [6.45, 7) is 2.73. The van der Waals surface area contributed by atoms with E-state index in [2.05, 4.69) is 22.8 Å². The highest BCUT2D eigenvalue weighted by Crippen LogP contribution is 2.27. The highest BCUT2D eigenvalue weighted by molar-refractivity contribution is 5.94. The van der Waals surface area contributed by atoms with Crippen LogP contribution in [0.1, 0.15) is 53.7 Å². The Morgan fingerprint density at radius 2 is 1.69 bits per heavy atom. The molecule has 2 N–H and O–H groups in total. The zero-order chi connectivity index (χ0) is 24.9. The van der Waals surface area contributed by atoms with E-state index in [1.807, 2.05) is 48.5 Å². The Balaban J connectivity index is 1.62. The molecular formula is C28H31N3O4. The Morgan fingerprint density at radius 3 is 2.37 bits per heavy atom. The molecular weight excluding hydrogens is 442 g/mol. The third-order valence-electron chi connectivity index (χ3n) is 5.28. The summed E-state index contributed by atoms with van der Waals surface area (Å²) in [7, 11) is 1.58. The first-order valence-corrected chi connectivity index (χ1v) is 11.6. The molecule has 7 heteroatoms. The van der Waals surface area contributed by atoms with E-state index >= 15 is 0 Å². The molecule has 0 spiro atoms. The molecule has 0 aliphatic carbocycles. The molecule has 7 nitrogen and oxygen atoms in total. The molecule has 0 saturated carbocycles. The minimum absolute atomic E-state index is 0.0352. The van der Waals surface area contributed by atoms with Crippen LogP contribution in [-0.2, 0) is 4.79 Å². The number of hydrazone groups is 1. The second-order valence-corrected chi connectivity index (χ2v) is 7.91. The van der Waals surface area contributed by atoms with E-state index in [1.165, 1.54) is 6.21 Å². The lowest BCUT2D eigenvalue weighted by Gasteiger charge is -2.18. The molecule has 0 radical (unpaired) electrons. The summed E-state index contributed by atoms with van der Waals surface area (Å²) in [5, 5.41) is 7.02. The lowest BCUT2D eigenvalue weighted by molar-refractivity contribution is -0.121. The Hall–Kier alpha value is -4.13. The number of nitrogens with one attached hydrogen (secondary N) is 2. The van der Waals surface area contributed by atoms with Gasteiger partial charge in [-0.1, -0.05) is 61.9 Å². The number of methoxy groups -OCH3 is 1. The van der Waals surface area contributed by atoms with Crippen molar-refractivity contribution in [2.45, 2.75) is 32.2 Å². The van der Waals surface area contributed by atoms with Crippen molar-refractivity contribution in [1.29, 1.82) is 0 Å².